The minimum Gasteiger partial charge on any atom is -0.326 e. The van der Waals surface area contributed by atoms with Crippen LogP contribution >= 0.6 is 31.6 Å². The molecule has 0 saturated heterocycles. The van der Waals surface area contributed by atoms with E-state index in [9.17, 15) is 0 Å². The molecule has 0 aromatic carbocycles. The molecule has 0 saturated carbocycles. The lowest BCUT2D eigenvalue weighted by molar-refractivity contribution is 0.405. The highest BCUT2D eigenvalue weighted by molar-refractivity contribution is 8.59. The molecule has 2 N–H and O–H groups in total. The normalized spacial score (nSPS) is 7.42. The average Bonchev–Trinajstić information content (AvgIpc) is 2.10. The van der Waals surface area contributed by atoms with Crippen LogP contribution < -0.4 is 0 Å². The van der Waals surface area contributed by atoms with Gasteiger partial charge in [-0.1, -0.05) is 6.07 Å². The van der Waals surface area contributed by atoms with Crippen LogP contribution in [-0.2, 0) is 4.57 Å². The molecular weight excluding hydrogens is 217 g/mol. The van der Waals surface area contributed by atoms with Crippen molar-refractivity contribution in [2.75, 3.05) is 0 Å². The molecule has 0 radical (unpaired) electrons. The van der Waals surface area contributed by atoms with Crippen molar-refractivity contribution in [3.8, 4) is 0 Å². The van der Waals surface area contributed by atoms with Gasteiger partial charge in [0, 0.05) is 12.4 Å². The van der Waals surface area contributed by atoms with Crippen LogP contribution in [0.3, 0.4) is 0 Å². The highest BCUT2D eigenvalue weighted by atomic mass is 33.1. The molecule has 0 aliphatic rings. The van der Waals surface area contributed by atoms with Crippen molar-refractivity contribution in [1.29, 1.82) is 0 Å². The topological polar surface area (TPSA) is 70.4 Å². The fourth-order valence-electron chi connectivity index (χ4n) is 0.313. The third-order valence-electron chi connectivity index (χ3n) is 0.566. The first-order chi connectivity index (χ1) is 5.73. The fraction of sp³-hybridized carbons (Fsp3) is 0. The Kier molecular flexibility index (Phi) is 16.4. The number of hydrogen-bond donors (Lipinski definition) is 4. The van der Waals surface area contributed by atoms with Gasteiger partial charge in [0.2, 0.25) is 0 Å². The molecule has 12 heavy (non-hydrogen) atoms. The van der Waals surface area contributed by atoms with Crippen molar-refractivity contribution in [2.45, 2.75) is 0 Å². The van der Waals surface area contributed by atoms with Crippen LogP contribution in [-0.4, -0.2) is 14.8 Å². The molecule has 0 amide bonds. The average molecular weight is 227 g/mol. The van der Waals surface area contributed by atoms with E-state index in [1.807, 2.05) is 18.2 Å². The van der Waals surface area contributed by atoms with Gasteiger partial charge in [0.25, 0.3) is 0 Å². The number of aromatic nitrogens is 1. The molecule has 1 aromatic heterocycles. The Hall–Kier alpha value is -0.000000000000000167. The molecule has 0 aliphatic heterocycles. The van der Waals surface area contributed by atoms with Crippen molar-refractivity contribution in [3.05, 3.63) is 30.6 Å². The van der Waals surface area contributed by atoms with Gasteiger partial charge >= 0.3 is 8.25 Å². The summed E-state index contributed by atoms with van der Waals surface area (Å²) in [6, 6.07) is 5.72. The van der Waals surface area contributed by atoms with Crippen LogP contribution in [0.1, 0.15) is 0 Å². The van der Waals surface area contributed by atoms with E-state index in [0.717, 1.165) is 0 Å². The Morgan fingerprint density at radius 3 is 1.50 bits per heavy atom. The minimum atomic E-state index is -3.13. The van der Waals surface area contributed by atoms with Gasteiger partial charge in [-0.3, -0.25) is 9.55 Å². The van der Waals surface area contributed by atoms with Crippen LogP contribution in [0.15, 0.2) is 30.6 Å². The summed E-state index contributed by atoms with van der Waals surface area (Å²) >= 11 is 6.44. The summed E-state index contributed by atoms with van der Waals surface area (Å²) < 4.78 is 8.74. The molecule has 0 unspecified atom stereocenters. The lowest BCUT2D eigenvalue weighted by Crippen LogP contribution is -1.58. The molecule has 0 bridgehead atoms. The van der Waals surface area contributed by atoms with Crippen LogP contribution in [0, 0.1) is 0 Å². The predicted octanol–water partition coefficient (Wildman–Crippen LogP) is 1.20. The molecule has 1 heterocycles. The number of thiol groups is 2. The van der Waals surface area contributed by atoms with Gasteiger partial charge in [-0.05, 0) is 12.1 Å². The number of hydrogen-bond acceptors (Lipinski definition) is 4. The summed E-state index contributed by atoms with van der Waals surface area (Å²) in [4.78, 5) is 18.1. The van der Waals surface area contributed by atoms with E-state index in [4.69, 9.17) is 14.4 Å². The smallest absolute Gasteiger partial charge is 0.314 e. The Morgan fingerprint density at radius 1 is 1.08 bits per heavy atom. The second kappa shape index (κ2) is 13.6. The zero-order chi connectivity index (χ0) is 9.82. The van der Waals surface area contributed by atoms with E-state index in [1.54, 1.807) is 12.4 Å². The zero-order valence-electron chi connectivity index (χ0n) is 6.03. The summed E-state index contributed by atoms with van der Waals surface area (Å²) in [5.74, 6) is 0. The molecule has 0 aliphatic carbocycles. The van der Waals surface area contributed by atoms with E-state index in [2.05, 4.69) is 28.3 Å². The van der Waals surface area contributed by atoms with E-state index < -0.39 is 8.25 Å². The quantitative estimate of drug-likeness (QED) is 0.305. The van der Waals surface area contributed by atoms with Gasteiger partial charge in [-0.25, -0.2) is 0 Å². The van der Waals surface area contributed by atoms with Crippen molar-refractivity contribution in [3.63, 3.8) is 0 Å². The Bertz CT molecular complexity index is 157. The van der Waals surface area contributed by atoms with Crippen LogP contribution in [0.2, 0.25) is 0 Å². The summed E-state index contributed by atoms with van der Waals surface area (Å²) in [5, 5.41) is 0. The van der Waals surface area contributed by atoms with E-state index in [-0.39, 0.29) is 0 Å². The van der Waals surface area contributed by atoms with Crippen molar-refractivity contribution in [1.82, 2.24) is 4.98 Å². The maximum atomic E-state index is 8.74. The molecule has 0 fully saturated rings. The summed E-state index contributed by atoms with van der Waals surface area (Å²) in [7, 11) is -3.13. The predicted molar refractivity (Wildman–Crippen MR) is 55.6 cm³/mol. The van der Waals surface area contributed by atoms with Gasteiger partial charge in [0.15, 0.2) is 0 Å². The second-order valence-corrected chi connectivity index (χ2v) is 1.87. The van der Waals surface area contributed by atoms with Gasteiger partial charge in [-0.2, -0.15) is 0 Å². The maximum absolute atomic E-state index is 8.74. The van der Waals surface area contributed by atoms with Gasteiger partial charge in [-0.15, -0.1) is 23.3 Å². The monoisotopic (exact) mass is 227 g/mol. The summed E-state index contributed by atoms with van der Waals surface area (Å²) in [5.41, 5.74) is 0. The van der Waals surface area contributed by atoms with E-state index >= 15 is 0 Å². The van der Waals surface area contributed by atoms with E-state index in [1.165, 1.54) is 0 Å². The Morgan fingerprint density at radius 2 is 1.42 bits per heavy atom. The second-order valence-electron chi connectivity index (χ2n) is 1.31. The van der Waals surface area contributed by atoms with Gasteiger partial charge < -0.3 is 9.79 Å². The SMILES string of the molecule is O=[PH](O)O.SS.c1ccncc1. The first-order valence-electron chi connectivity index (χ1n) is 2.70. The number of nitrogens with zero attached hydrogens (tertiary/aromatic N) is 1. The Balaban J connectivity index is 0. The van der Waals surface area contributed by atoms with Crippen molar-refractivity contribution < 1.29 is 14.4 Å². The number of rotatable bonds is 0. The number of pyridine rings is 1. The minimum absolute atomic E-state index is 1.75. The highest BCUT2D eigenvalue weighted by Crippen LogP contribution is 1.98. The molecule has 70 valence electrons. The zero-order valence-corrected chi connectivity index (χ0v) is 8.82. The molecule has 0 atom stereocenters. The van der Waals surface area contributed by atoms with Gasteiger partial charge in [0.1, 0.15) is 0 Å². The van der Waals surface area contributed by atoms with Crippen LogP contribution in [0.5, 0.6) is 0 Å². The first kappa shape index (κ1) is 14.5. The standard InChI is InChI=1S/C5H5N.H3O3P.H2S2/c1-2-4-6-5-3-1;1-4(2)3;1-2/h1-5H;4H,(H2,1,2,3);1-2H. The van der Waals surface area contributed by atoms with Crippen molar-refractivity contribution in [2.24, 2.45) is 0 Å². The first-order valence-corrected chi connectivity index (χ1v) is 5.60. The van der Waals surface area contributed by atoms with Crippen LogP contribution in [0.25, 0.3) is 0 Å². The molecule has 1 rings (SSSR count). The summed E-state index contributed by atoms with van der Waals surface area (Å²) in [6.07, 6.45) is 3.50. The molecule has 4 nitrogen and oxygen atoms in total. The third-order valence-corrected chi connectivity index (χ3v) is 0.566. The molecule has 7 heteroatoms. The third kappa shape index (κ3) is 22.5. The Labute approximate surface area is 81.8 Å². The molecule has 0 spiro atoms. The van der Waals surface area contributed by atoms with E-state index in [0.29, 0.717) is 0 Å². The fourth-order valence-corrected chi connectivity index (χ4v) is 0.313. The lowest BCUT2D eigenvalue weighted by atomic mass is 10.5. The summed E-state index contributed by atoms with van der Waals surface area (Å²) in [6.45, 7) is 0. The highest BCUT2D eigenvalue weighted by Gasteiger charge is 1.61. The maximum Gasteiger partial charge on any atom is 0.314 e. The largest absolute Gasteiger partial charge is 0.326 e. The van der Waals surface area contributed by atoms with Crippen LogP contribution in [0.4, 0.5) is 0 Å². The molecule has 1 aromatic rings. The van der Waals surface area contributed by atoms with Gasteiger partial charge in [0.05, 0.1) is 0 Å². The molecular formula is C5H10NO3PS2. The lowest BCUT2D eigenvalue weighted by Gasteiger charge is -1.70. The van der Waals surface area contributed by atoms with Crippen molar-refractivity contribution >= 4 is 31.6 Å².